The highest BCUT2D eigenvalue weighted by Crippen LogP contribution is 2.18. The minimum Gasteiger partial charge on any atom is -0.480 e. The quantitative estimate of drug-likeness (QED) is 0.824. The minimum absolute atomic E-state index is 0.124. The van der Waals surface area contributed by atoms with Gasteiger partial charge < -0.3 is 5.11 Å². The average Bonchev–Trinajstić information content (AvgIpc) is 2.47. The summed E-state index contributed by atoms with van der Waals surface area (Å²) in [4.78, 5) is 11.4. The number of nitrogens with one attached hydrogen (secondary N) is 1. The number of piperidine rings is 1. The molecule has 1 heterocycles. The highest BCUT2D eigenvalue weighted by atomic mass is 32.2. The van der Waals surface area contributed by atoms with Crippen molar-refractivity contribution in [3.8, 4) is 0 Å². The number of hydrogen-bond acceptors (Lipinski definition) is 3. The van der Waals surface area contributed by atoms with Gasteiger partial charge in [-0.15, -0.1) is 0 Å². The molecule has 0 bridgehead atoms. The van der Waals surface area contributed by atoms with Gasteiger partial charge in [-0.2, -0.15) is 17.4 Å². The molecule has 1 saturated heterocycles. The summed E-state index contributed by atoms with van der Waals surface area (Å²) in [5, 5.41) is 9.30. The maximum absolute atomic E-state index is 12.4. The van der Waals surface area contributed by atoms with E-state index < -0.39 is 22.2 Å². The lowest BCUT2D eigenvalue weighted by Gasteiger charge is -2.31. The van der Waals surface area contributed by atoms with Gasteiger partial charge in [0.15, 0.2) is 0 Å². The second-order valence-electron chi connectivity index (χ2n) is 5.81. The van der Waals surface area contributed by atoms with Crippen LogP contribution in [-0.4, -0.2) is 42.9 Å². The Morgan fingerprint density at radius 1 is 1.41 bits per heavy atom. The van der Waals surface area contributed by atoms with Gasteiger partial charge in [-0.3, -0.25) is 4.79 Å². The van der Waals surface area contributed by atoms with Crippen LogP contribution in [0.25, 0.3) is 0 Å². The summed E-state index contributed by atoms with van der Waals surface area (Å²) < 4.78 is 28.5. The first kappa shape index (κ1) is 16.9. The zero-order valence-electron chi connectivity index (χ0n) is 12.6. The number of carboxylic acid groups (broad SMARTS) is 1. The SMILES string of the molecule is CC1CCCN(S(=O)(=O)N[C@@H](Cc2ccccc2)C(=O)O)C1. The van der Waals surface area contributed by atoms with Gasteiger partial charge in [0.2, 0.25) is 0 Å². The van der Waals surface area contributed by atoms with Crippen LogP contribution in [0.3, 0.4) is 0 Å². The second kappa shape index (κ2) is 7.21. The number of nitrogens with zero attached hydrogens (tertiary/aromatic N) is 1. The molecule has 0 spiro atoms. The van der Waals surface area contributed by atoms with E-state index in [1.807, 2.05) is 13.0 Å². The highest BCUT2D eigenvalue weighted by Gasteiger charge is 2.31. The number of carboxylic acids is 1. The lowest BCUT2D eigenvalue weighted by atomic mass is 10.0. The van der Waals surface area contributed by atoms with Crippen molar-refractivity contribution in [1.82, 2.24) is 9.03 Å². The highest BCUT2D eigenvalue weighted by molar-refractivity contribution is 7.87. The van der Waals surface area contributed by atoms with Gasteiger partial charge in [-0.05, 0) is 30.7 Å². The topological polar surface area (TPSA) is 86.7 Å². The van der Waals surface area contributed by atoms with Crippen molar-refractivity contribution >= 4 is 16.2 Å². The van der Waals surface area contributed by atoms with Crippen molar-refractivity contribution < 1.29 is 18.3 Å². The third-order valence-electron chi connectivity index (χ3n) is 3.83. The molecule has 6 nitrogen and oxygen atoms in total. The Kier molecular flexibility index (Phi) is 5.55. The zero-order valence-corrected chi connectivity index (χ0v) is 13.4. The average molecular weight is 326 g/mol. The van der Waals surface area contributed by atoms with E-state index in [1.54, 1.807) is 24.3 Å². The third-order valence-corrected chi connectivity index (χ3v) is 5.43. The summed E-state index contributed by atoms with van der Waals surface area (Å²) in [6.07, 6.45) is 1.93. The normalized spacial score (nSPS) is 21.4. The molecule has 0 aliphatic carbocycles. The lowest BCUT2D eigenvalue weighted by molar-refractivity contribution is -0.138. The van der Waals surface area contributed by atoms with E-state index in [0.29, 0.717) is 19.0 Å². The van der Waals surface area contributed by atoms with Crippen molar-refractivity contribution in [3.63, 3.8) is 0 Å². The number of hydrogen-bond donors (Lipinski definition) is 2. The van der Waals surface area contributed by atoms with Crippen molar-refractivity contribution in [2.75, 3.05) is 13.1 Å². The molecular weight excluding hydrogens is 304 g/mol. The molecule has 0 aromatic heterocycles. The number of rotatable bonds is 6. The van der Waals surface area contributed by atoms with Gasteiger partial charge in [0.25, 0.3) is 10.2 Å². The van der Waals surface area contributed by atoms with Crippen LogP contribution in [0.4, 0.5) is 0 Å². The first-order valence-corrected chi connectivity index (χ1v) is 8.86. The Morgan fingerprint density at radius 3 is 2.68 bits per heavy atom. The summed E-state index contributed by atoms with van der Waals surface area (Å²) in [5.41, 5.74) is 0.782. The van der Waals surface area contributed by atoms with Gasteiger partial charge in [0, 0.05) is 13.1 Å². The summed E-state index contributed by atoms with van der Waals surface area (Å²) >= 11 is 0. The summed E-state index contributed by atoms with van der Waals surface area (Å²) in [7, 11) is -3.78. The van der Waals surface area contributed by atoms with Gasteiger partial charge in [-0.25, -0.2) is 0 Å². The predicted molar refractivity (Wildman–Crippen MR) is 83.6 cm³/mol. The molecular formula is C15H22N2O4S. The first-order valence-electron chi connectivity index (χ1n) is 7.42. The van der Waals surface area contributed by atoms with Gasteiger partial charge in [-0.1, -0.05) is 37.3 Å². The molecule has 1 aromatic carbocycles. The van der Waals surface area contributed by atoms with Crippen molar-refractivity contribution in [1.29, 1.82) is 0 Å². The molecule has 7 heteroatoms. The fourth-order valence-corrected chi connectivity index (χ4v) is 4.16. The molecule has 22 heavy (non-hydrogen) atoms. The molecule has 2 rings (SSSR count). The van der Waals surface area contributed by atoms with Crippen molar-refractivity contribution in [3.05, 3.63) is 35.9 Å². The summed E-state index contributed by atoms with van der Waals surface area (Å²) in [6, 6.07) is 7.84. The minimum atomic E-state index is -3.78. The van der Waals surface area contributed by atoms with E-state index in [4.69, 9.17) is 0 Å². The molecule has 0 amide bonds. The van der Waals surface area contributed by atoms with Crippen LogP contribution in [0.5, 0.6) is 0 Å². The maximum Gasteiger partial charge on any atom is 0.322 e. The van der Waals surface area contributed by atoms with Gasteiger partial charge >= 0.3 is 5.97 Å². The van der Waals surface area contributed by atoms with E-state index >= 15 is 0 Å². The Bertz CT molecular complexity index is 603. The molecule has 1 aliphatic rings. The number of carbonyl (C=O) groups is 1. The zero-order chi connectivity index (χ0) is 16.2. The van der Waals surface area contributed by atoms with E-state index in [0.717, 1.165) is 18.4 Å². The molecule has 1 fully saturated rings. The Morgan fingerprint density at radius 2 is 2.09 bits per heavy atom. The van der Waals surface area contributed by atoms with Crippen LogP contribution in [-0.2, 0) is 21.4 Å². The van der Waals surface area contributed by atoms with Crippen molar-refractivity contribution in [2.24, 2.45) is 5.92 Å². The largest absolute Gasteiger partial charge is 0.480 e. The fourth-order valence-electron chi connectivity index (χ4n) is 2.65. The molecule has 0 saturated carbocycles. The molecule has 2 atom stereocenters. The Hall–Kier alpha value is -1.44. The maximum atomic E-state index is 12.4. The number of benzene rings is 1. The van der Waals surface area contributed by atoms with E-state index in [-0.39, 0.29) is 6.42 Å². The first-order chi connectivity index (χ1) is 10.4. The Balaban J connectivity index is 2.08. The van der Waals surface area contributed by atoms with Crippen LogP contribution in [0, 0.1) is 5.92 Å². The summed E-state index contributed by atoms with van der Waals surface area (Å²) in [5.74, 6) is -0.875. The third kappa shape index (κ3) is 4.53. The van der Waals surface area contributed by atoms with E-state index in [2.05, 4.69) is 4.72 Å². The molecule has 1 unspecified atom stereocenters. The molecule has 1 aliphatic heterocycles. The van der Waals surface area contributed by atoms with Crippen molar-refractivity contribution in [2.45, 2.75) is 32.2 Å². The fraction of sp³-hybridized carbons (Fsp3) is 0.533. The monoisotopic (exact) mass is 326 g/mol. The number of aliphatic carboxylic acids is 1. The Labute approximate surface area is 131 Å². The van der Waals surface area contributed by atoms with Crippen LogP contribution in [0.2, 0.25) is 0 Å². The predicted octanol–water partition coefficient (Wildman–Crippen LogP) is 1.25. The lowest BCUT2D eigenvalue weighted by Crippen LogP contribution is -2.51. The molecule has 1 aromatic rings. The van der Waals surface area contributed by atoms with Gasteiger partial charge in [0.1, 0.15) is 6.04 Å². The smallest absolute Gasteiger partial charge is 0.322 e. The van der Waals surface area contributed by atoms with Crippen LogP contribution in [0.1, 0.15) is 25.3 Å². The summed E-state index contributed by atoms with van der Waals surface area (Å²) in [6.45, 7) is 2.88. The standard InChI is InChI=1S/C15H22N2O4S/c1-12-6-5-9-17(11-12)22(20,21)16-14(15(18)19)10-13-7-3-2-4-8-13/h2-4,7-8,12,14,16H,5-6,9-11H2,1H3,(H,18,19)/t12?,14-/m0/s1. The van der Waals surface area contributed by atoms with Gasteiger partial charge in [0.05, 0.1) is 0 Å². The van der Waals surface area contributed by atoms with Crippen LogP contribution in [0.15, 0.2) is 30.3 Å². The molecule has 122 valence electrons. The van der Waals surface area contributed by atoms with Crippen LogP contribution < -0.4 is 4.72 Å². The second-order valence-corrected chi connectivity index (χ2v) is 7.51. The van der Waals surface area contributed by atoms with Crippen LogP contribution >= 0.6 is 0 Å². The molecule has 0 radical (unpaired) electrons. The molecule has 2 N–H and O–H groups in total. The van der Waals surface area contributed by atoms with E-state index in [1.165, 1.54) is 4.31 Å². The van der Waals surface area contributed by atoms with E-state index in [9.17, 15) is 18.3 Å².